The number of halogens is 1. The Balaban J connectivity index is 2.35. The number of ether oxygens (including phenoxy) is 1. The number of carbonyl (C=O) groups is 1. The fraction of sp³-hybridized carbons (Fsp3) is 0.364. The Morgan fingerprint density at radius 2 is 2.20 bits per heavy atom. The highest BCUT2D eigenvalue weighted by Crippen LogP contribution is 2.30. The van der Waals surface area contributed by atoms with E-state index < -0.39 is 5.82 Å². The lowest BCUT2D eigenvalue weighted by molar-refractivity contribution is -0.115. The van der Waals surface area contributed by atoms with Gasteiger partial charge in [-0.3, -0.25) is 4.79 Å². The highest BCUT2D eigenvalue weighted by atomic mass is 19.1. The molecule has 1 aromatic rings. The average molecular weight is 209 g/mol. The molecule has 0 aliphatic carbocycles. The van der Waals surface area contributed by atoms with Gasteiger partial charge in [-0.05, 0) is 25.5 Å². The molecule has 0 atom stereocenters. The third-order valence-corrected chi connectivity index (χ3v) is 2.13. The van der Waals surface area contributed by atoms with Gasteiger partial charge >= 0.3 is 0 Å². The van der Waals surface area contributed by atoms with Gasteiger partial charge in [-0.2, -0.15) is 0 Å². The Labute approximate surface area is 87.2 Å². The van der Waals surface area contributed by atoms with Crippen molar-refractivity contribution >= 4 is 11.6 Å². The van der Waals surface area contributed by atoms with Crippen molar-refractivity contribution in [2.75, 3.05) is 5.32 Å². The molecule has 1 N–H and O–H groups in total. The van der Waals surface area contributed by atoms with Crippen LogP contribution in [0.5, 0.6) is 5.75 Å². The second-order valence-corrected chi connectivity index (χ2v) is 3.83. The minimum atomic E-state index is -0.436. The van der Waals surface area contributed by atoms with Crippen LogP contribution in [0.4, 0.5) is 10.1 Å². The normalized spacial score (nSPS) is 14.0. The molecule has 1 aliphatic heterocycles. The number of rotatable bonds is 2. The monoisotopic (exact) mass is 209 g/mol. The van der Waals surface area contributed by atoms with Gasteiger partial charge in [-0.25, -0.2) is 4.39 Å². The number of carbonyl (C=O) groups excluding carboxylic acids is 1. The lowest BCUT2D eigenvalue weighted by Gasteiger charge is -2.11. The lowest BCUT2D eigenvalue weighted by Crippen LogP contribution is -2.06. The van der Waals surface area contributed by atoms with Gasteiger partial charge in [0.2, 0.25) is 5.91 Å². The topological polar surface area (TPSA) is 38.3 Å². The quantitative estimate of drug-likeness (QED) is 0.810. The molecule has 15 heavy (non-hydrogen) atoms. The number of hydrogen-bond donors (Lipinski definition) is 1. The van der Waals surface area contributed by atoms with Crippen LogP contribution in [0.1, 0.15) is 19.4 Å². The summed E-state index contributed by atoms with van der Waals surface area (Å²) >= 11 is 0. The van der Waals surface area contributed by atoms with Gasteiger partial charge < -0.3 is 10.1 Å². The summed E-state index contributed by atoms with van der Waals surface area (Å²) in [6.45, 7) is 3.74. The zero-order valence-electron chi connectivity index (χ0n) is 8.63. The first kappa shape index (κ1) is 9.96. The number of anilines is 1. The second kappa shape index (κ2) is 3.53. The molecule has 80 valence electrons. The van der Waals surface area contributed by atoms with Crippen LogP contribution in [0.25, 0.3) is 0 Å². The van der Waals surface area contributed by atoms with Gasteiger partial charge in [-0.15, -0.1) is 0 Å². The summed E-state index contributed by atoms with van der Waals surface area (Å²) in [7, 11) is 0. The maximum Gasteiger partial charge on any atom is 0.228 e. The van der Waals surface area contributed by atoms with Crippen LogP contribution in [0, 0.1) is 5.82 Å². The molecule has 1 aliphatic rings. The average Bonchev–Trinajstić information content (AvgIpc) is 2.44. The van der Waals surface area contributed by atoms with E-state index in [0.717, 1.165) is 0 Å². The third kappa shape index (κ3) is 1.93. The van der Waals surface area contributed by atoms with E-state index in [1.807, 2.05) is 13.8 Å². The summed E-state index contributed by atoms with van der Waals surface area (Å²) in [6, 6.07) is 3.00. The Hall–Kier alpha value is -1.58. The number of fused-ring (bicyclic) bond motifs is 1. The molecule has 0 fully saturated rings. The molecule has 0 bridgehead atoms. The molecular formula is C11H12FNO2. The van der Waals surface area contributed by atoms with Crippen molar-refractivity contribution in [3.63, 3.8) is 0 Å². The smallest absolute Gasteiger partial charge is 0.228 e. The number of hydrogen-bond acceptors (Lipinski definition) is 2. The van der Waals surface area contributed by atoms with Crippen LogP contribution >= 0.6 is 0 Å². The van der Waals surface area contributed by atoms with E-state index in [-0.39, 0.29) is 24.1 Å². The number of amides is 1. The fourth-order valence-electron chi connectivity index (χ4n) is 1.61. The van der Waals surface area contributed by atoms with Crippen molar-refractivity contribution in [3.8, 4) is 5.75 Å². The van der Waals surface area contributed by atoms with Gasteiger partial charge in [0.15, 0.2) is 5.82 Å². The second-order valence-electron chi connectivity index (χ2n) is 3.83. The minimum absolute atomic E-state index is 0.00693. The van der Waals surface area contributed by atoms with Crippen LogP contribution in [-0.4, -0.2) is 12.0 Å². The molecule has 0 radical (unpaired) electrons. The van der Waals surface area contributed by atoms with Crippen LogP contribution in [0.2, 0.25) is 0 Å². The predicted octanol–water partition coefficient (Wildman–Crippen LogP) is 2.11. The third-order valence-electron chi connectivity index (χ3n) is 2.13. The zero-order chi connectivity index (χ0) is 11.0. The first-order valence-corrected chi connectivity index (χ1v) is 4.85. The molecule has 0 saturated carbocycles. The highest BCUT2D eigenvalue weighted by molar-refractivity contribution is 5.99. The fourth-order valence-corrected chi connectivity index (χ4v) is 1.61. The molecule has 0 spiro atoms. The molecule has 2 rings (SSSR count). The Morgan fingerprint density at radius 1 is 1.47 bits per heavy atom. The van der Waals surface area contributed by atoms with Gasteiger partial charge in [0.25, 0.3) is 0 Å². The standard InChI is InChI=1S/C11H12FNO2/c1-6(2)15-8-3-7-4-10(14)13-11(7)9(12)5-8/h3,5-6H,4H2,1-2H3,(H,13,14). The van der Waals surface area contributed by atoms with E-state index in [2.05, 4.69) is 5.32 Å². The molecule has 1 heterocycles. The van der Waals surface area contributed by atoms with E-state index in [1.54, 1.807) is 6.07 Å². The summed E-state index contributed by atoms with van der Waals surface area (Å²) in [6.07, 6.45) is 0.217. The van der Waals surface area contributed by atoms with E-state index in [4.69, 9.17) is 4.74 Å². The zero-order valence-corrected chi connectivity index (χ0v) is 8.63. The van der Waals surface area contributed by atoms with Crippen molar-refractivity contribution < 1.29 is 13.9 Å². The maximum absolute atomic E-state index is 13.5. The van der Waals surface area contributed by atoms with Crippen LogP contribution in [0.15, 0.2) is 12.1 Å². The molecule has 0 saturated heterocycles. The van der Waals surface area contributed by atoms with Gasteiger partial charge in [0, 0.05) is 6.07 Å². The molecule has 4 heteroatoms. The van der Waals surface area contributed by atoms with Crippen molar-refractivity contribution in [1.82, 2.24) is 0 Å². The maximum atomic E-state index is 13.5. The molecule has 3 nitrogen and oxygen atoms in total. The van der Waals surface area contributed by atoms with E-state index in [0.29, 0.717) is 11.3 Å². The van der Waals surface area contributed by atoms with Gasteiger partial charge in [0.1, 0.15) is 5.75 Å². The largest absolute Gasteiger partial charge is 0.491 e. The predicted molar refractivity (Wildman–Crippen MR) is 54.5 cm³/mol. The lowest BCUT2D eigenvalue weighted by atomic mass is 10.1. The molecule has 1 amide bonds. The van der Waals surface area contributed by atoms with Crippen molar-refractivity contribution in [1.29, 1.82) is 0 Å². The molecule has 0 unspecified atom stereocenters. The number of nitrogens with one attached hydrogen (secondary N) is 1. The molecule has 0 aromatic heterocycles. The van der Waals surface area contributed by atoms with Crippen molar-refractivity contribution in [2.45, 2.75) is 26.4 Å². The number of benzene rings is 1. The van der Waals surface area contributed by atoms with E-state index >= 15 is 0 Å². The van der Waals surface area contributed by atoms with Gasteiger partial charge in [-0.1, -0.05) is 0 Å². The highest BCUT2D eigenvalue weighted by Gasteiger charge is 2.22. The SMILES string of the molecule is CC(C)Oc1cc(F)c2c(c1)CC(=O)N2. The minimum Gasteiger partial charge on any atom is -0.491 e. The molecular weight excluding hydrogens is 197 g/mol. The van der Waals surface area contributed by atoms with Crippen LogP contribution < -0.4 is 10.1 Å². The Bertz CT molecular complexity index is 415. The summed E-state index contributed by atoms with van der Waals surface area (Å²) in [5.41, 5.74) is 0.951. The van der Waals surface area contributed by atoms with Gasteiger partial charge in [0.05, 0.1) is 18.2 Å². The van der Waals surface area contributed by atoms with Crippen LogP contribution in [0.3, 0.4) is 0 Å². The summed E-state index contributed by atoms with van der Waals surface area (Å²) in [4.78, 5) is 11.1. The summed E-state index contributed by atoms with van der Waals surface area (Å²) < 4.78 is 18.9. The van der Waals surface area contributed by atoms with E-state index in [1.165, 1.54) is 6.07 Å². The molecule has 1 aromatic carbocycles. The Morgan fingerprint density at radius 3 is 2.87 bits per heavy atom. The van der Waals surface area contributed by atoms with E-state index in [9.17, 15) is 9.18 Å². The first-order chi connectivity index (χ1) is 7.06. The Kier molecular flexibility index (Phi) is 2.34. The van der Waals surface area contributed by atoms with Crippen molar-refractivity contribution in [2.24, 2.45) is 0 Å². The first-order valence-electron chi connectivity index (χ1n) is 4.85. The van der Waals surface area contributed by atoms with Crippen LogP contribution in [-0.2, 0) is 11.2 Å². The van der Waals surface area contributed by atoms with Crippen molar-refractivity contribution in [3.05, 3.63) is 23.5 Å². The summed E-state index contributed by atoms with van der Waals surface area (Å²) in [5.74, 6) is -0.141. The summed E-state index contributed by atoms with van der Waals surface area (Å²) in [5, 5.41) is 2.48.